The summed E-state index contributed by atoms with van der Waals surface area (Å²) in [5.74, 6) is 4.50. The summed E-state index contributed by atoms with van der Waals surface area (Å²) in [6.45, 7) is 3.45. The first-order valence-corrected chi connectivity index (χ1v) is 6.54. The Kier molecular flexibility index (Phi) is 6.06. The van der Waals surface area contributed by atoms with Crippen molar-refractivity contribution < 1.29 is 19.4 Å². The van der Waals surface area contributed by atoms with Crippen molar-refractivity contribution >= 4 is 23.2 Å². The Hall–Kier alpha value is -1.84. The van der Waals surface area contributed by atoms with Crippen molar-refractivity contribution in [3.8, 4) is 11.8 Å². The number of amides is 1. The average molecular weight is 281 g/mol. The van der Waals surface area contributed by atoms with E-state index in [9.17, 15) is 9.59 Å². The van der Waals surface area contributed by atoms with E-state index in [0.29, 0.717) is 4.88 Å². The third kappa shape index (κ3) is 4.73. The summed E-state index contributed by atoms with van der Waals surface area (Å²) < 4.78 is 4.71. The fraction of sp³-hybridized carbons (Fsp3) is 0.385. The molecule has 1 aromatic heterocycles. The number of carbonyl (C=O) groups excluding carboxylic acids is 2. The highest BCUT2D eigenvalue weighted by molar-refractivity contribution is 7.14. The minimum atomic E-state index is -0.468. The molecule has 19 heavy (non-hydrogen) atoms. The van der Waals surface area contributed by atoms with E-state index in [-0.39, 0.29) is 25.7 Å². The summed E-state index contributed by atoms with van der Waals surface area (Å²) in [7, 11) is 0. The van der Waals surface area contributed by atoms with Gasteiger partial charge in [0.25, 0.3) is 5.91 Å². The van der Waals surface area contributed by atoms with Gasteiger partial charge in [-0.2, -0.15) is 0 Å². The van der Waals surface area contributed by atoms with Gasteiger partial charge in [-0.25, -0.2) is 0 Å². The fourth-order valence-electron chi connectivity index (χ4n) is 1.29. The lowest BCUT2D eigenvalue weighted by Crippen LogP contribution is -2.30. The Bertz CT molecular complexity index is 524. The maximum atomic E-state index is 11.8. The van der Waals surface area contributed by atoms with E-state index in [0.717, 1.165) is 10.4 Å². The number of rotatable bonds is 4. The van der Waals surface area contributed by atoms with Gasteiger partial charge in [-0.15, -0.1) is 11.3 Å². The minimum Gasteiger partial charge on any atom is -0.465 e. The molecule has 1 aromatic rings. The molecule has 0 unspecified atom stereocenters. The molecule has 0 aromatic carbocycles. The van der Waals surface area contributed by atoms with Crippen LogP contribution in [0.1, 0.15) is 27.0 Å². The molecule has 1 heterocycles. The summed E-state index contributed by atoms with van der Waals surface area (Å²) in [6, 6.07) is 1.70. The molecule has 6 heteroatoms. The standard InChI is InChI=1S/C13H15NO4S/c1-3-18-12(16)8-14-13(17)11-7-9(2)10(19-11)5-4-6-15/h7,15H,3,6,8H2,1-2H3,(H,14,17). The van der Waals surface area contributed by atoms with Crippen molar-refractivity contribution in [1.29, 1.82) is 0 Å². The van der Waals surface area contributed by atoms with Gasteiger partial charge < -0.3 is 15.2 Å². The zero-order chi connectivity index (χ0) is 14.3. The van der Waals surface area contributed by atoms with Crippen molar-refractivity contribution in [3.63, 3.8) is 0 Å². The topological polar surface area (TPSA) is 75.6 Å². The highest BCUT2D eigenvalue weighted by Gasteiger charge is 2.12. The van der Waals surface area contributed by atoms with Gasteiger partial charge in [0.05, 0.1) is 16.4 Å². The van der Waals surface area contributed by atoms with Gasteiger partial charge in [0.15, 0.2) is 0 Å². The number of aliphatic hydroxyl groups is 1. The fourth-order valence-corrected chi connectivity index (χ4v) is 2.25. The van der Waals surface area contributed by atoms with Crippen LogP contribution in [0.3, 0.4) is 0 Å². The number of aryl methyl sites for hydroxylation is 1. The van der Waals surface area contributed by atoms with Crippen LogP contribution in [0, 0.1) is 18.8 Å². The third-order valence-electron chi connectivity index (χ3n) is 2.12. The molecule has 0 saturated carbocycles. The first-order valence-electron chi connectivity index (χ1n) is 5.72. The lowest BCUT2D eigenvalue weighted by Gasteiger charge is -2.02. The van der Waals surface area contributed by atoms with Gasteiger partial charge in [-0.3, -0.25) is 9.59 Å². The van der Waals surface area contributed by atoms with E-state index in [1.54, 1.807) is 13.0 Å². The van der Waals surface area contributed by atoms with Gasteiger partial charge in [0.1, 0.15) is 13.2 Å². The zero-order valence-corrected chi connectivity index (χ0v) is 11.6. The molecule has 0 bridgehead atoms. The summed E-state index contributed by atoms with van der Waals surface area (Å²) in [5.41, 5.74) is 0.868. The zero-order valence-electron chi connectivity index (χ0n) is 10.8. The molecule has 0 aliphatic carbocycles. The van der Waals surface area contributed by atoms with E-state index in [1.807, 2.05) is 6.92 Å². The molecule has 0 spiro atoms. The van der Waals surface area contributed by atoms with E-state index >= 15 is 0 Å². The van der Waals surface area contributed by atoms with Gasteiger partial charge >= 0.3 is 5.97 Å². The van der Waals surface area contributed by atoms with Crippen LogP contribution in [0.2, 0.25) is 0 Å². The maximum absolute atomic E-state index is 11.8. The average Bonchev–Trinajstić information content (AvgIpc) is 2.75. The SMILES string of the molecule is CCOC(=O)CNC(=O)c1cc(C)c(C#CCO)s1. The Morgan fingerprint density at radius 2 is 2.26 bits per heavy atom. The summed E-state index contributed by atoms with van der Waals surface area (Å²) in [4.78, 5) is 24.1. The molecule has 1 amide bonds. The van der Waals surface area contributed by atoms with Crippen LogP contribution in [-0.2, 0) is 9.53 Å². The second-order valence-electron chi connectivity index (χ2n) is 3.57. The van der Waals surface area contributed by atoms with Crippen molar-refractivity contribution in [3.05, 3.63) is 21.4 Å². The minimum absolute atomic E-state index is 0.152. The van der Waals surface area contributed by atoms with E-state index in [4.69, 9.17) is 9.84 Å². The summed E-state index contributed by atoms with van der Waals surface area (Å²) in [5, 5.41) is 11.1. The second-order valence-corrected chi connectivity index (χ2v) is 4.62. The Morgan fingerprint density at radius 1 is 1.53 bits per heavy atom. The monoisotopic (exact) mass is 281 g/mol. The first-order chi connectivity index (χ1) is 9.08. The van der Waals surface area contributed by atoms with Crippen LogP contribution in [0.25, 0.3) is 0 Å². The summed E-state index contributed by atoms with van der Waals surface area (Å²) in [6.07, 6.45) is 0. The van der Waals surface area contributed by atoms with Crippen LogP contribution in [0.5, 0.6) is 0 Å². The number of hydrogen-bond acceptors (Lipinski definition) is 5. The molecule has 0 aliphatic rings. The molecular weight excluding hydrogens is 266 g/mol. The first kappa shape index (κ1) is 15.2. The van der Waals surface area contributed by atoms with Crippen LogP contribution < -0.4 is 5.32 Å². The van der Waals surface area contributed by atoms with Crippen LogP contribution in [0.15, 0.2) is 6.07 Å². The largest absolute Gasteiger partial charge is 0.465 e. The second kappa shape index (κ2) is 7.56. The van der Waals surface area contributed by atoms with Gasteiger partial charge in [0, 0.05) is 0 Å². The molecule has 0 saturated heterocycles. The number of carbonyl (C=O) groups is 2. The number of thiophene rings is 1. The van der Waals surface area contributed by atoms with Crippen molar-refractivity contribution in [2.75, 3.05) is 19.8 Å². The third-order valence-corrected chi connectivity index (χ3v) is 3.27. The van der Waals surface area contributed by atoms with E-state index in [2.05, 4.69) is 17.2 Å². The molecular formula is C13H15NO4S. The quantitative estimate of drug-likeness (QED) is 0.629. The summed E-state index contributed by atoms with van der Waals surface area (Å²) >= 11 is 1.22. The molecule has 1 rings (SSSR count). The van der Waals surface area contributed by atoms with E-state index < -0.39 is 5.97 Å². The predicted molar refractivity (Wildman–Crippen MR) is 72.0 cm³/mol. The van der Waals surface area contributed by atoms with Crippen molar-refractivity contribution in [2.24, 2.45) is 0 Å². The molecule has 0 aliphatic heterocycles. The lowest BCUT2D eigenvalue weighted by atomic mass is 10.2. The highest BCUT2D eigenvalue weighted by atomic mass is 32.1. The van der Waals surface area contributed by atoms with Crippen molar-refractivity contribution in [1.82, 2.24) is 5.32 Å². The smallest absolute Gasteiger partial charge is 0.325 e. The Morgan fingerprint density at radius 3 is 2.89 bits per heavy atom. The Labute approximate surface area is 115 Å². The van der Waals surface area contributed by atoms with E-state index in [1.165, 1.54) is 11.3 Å². The molecule has 102 valence electrons. The maximum Gasteiger partial charge on any atom is 0.325 e. The predicted octanol–water partition coefficient (Wildman–Crippen LogP) is 0.693. The number of nitrogens with one attached hydrogen (secondary N) is 1. The number of aliphatic hydroxyl groups excluding tert-OH is 1. The molecule has 5 nitrogen and oxygen atoms in total. The Balaban J connectivity index is 2.65. The number of ether oxygens (including phenoxy) is 1. The highest BCUT2D eigenvalue weighted by Crippen LogP contribution is 2.20. The molecule has 2 N–H and O–H groups in total. The van der Waals surface area contributed by atoms with Crippen LogP contribution in [0.4, 0.5) is 0 Å². The lowest BCUT2D eigenvalue weighted by molar-refractivity contribution is -0.141. The van der Waals surface area contributed by atoms with Crippen LogP contribution >= 0.6 is 11.3 Å². The molecule has 0 fully saturated rings. The van der Waals surface area contributed by atoms with Gasteiger partial charge in [-0.05, 0) is 25.5 Å². The van der Waals surface area contributed by atoms with Gasteiger partial charge in [-0.1, -0.05) is 11.8 Å². The molecule has 0 radical (unpaired) electrons. The van der Waals surface area contributed by atoms with Crippen LogP contribution in [-0.4, -0.2) is 36.7 Å². The van der Waals surface area contributed by atoms with Gasteiger partial charge in [0.2, 0.25) is 0 Å². The number of esters is 1. The molecule has 0 atom stereocenters. The number of hydrogen-bond donors (Lipinski definition) is 2. The van der Waals surface area contributed by atoms with Crippen molar-refractivity contribution in [2.45, 2.75) is 13.8 Å². The normalized spacial score (nSPS) is 9.42.